The van der Waals surface area contributed by atoms with Gasteiger partial charge in [-0.2, -0.15) is 0 Å². The maximum absolute atomic E-state index is 4.42. The Bertz CT molecular complexity index is 320. The van der Waals surface area contributed by atoms with Gasteiger partial charge >= 0.3 is 0 Å². The summed E-state index contributed by atoms with van der Waals surface area (Å²) < 4.78 is 0. The number of fused-ring (bicyclic) bond motifs is 1. The van der Waals surface area contributed by atoms with Gasteiger partial charge in [-0.05, 0) is 36.4 Å². The van der Waals surface area contributed by atoms with E-state index in [1.807, 2.05) is 12.3 Å². The average Bonchev–Trinajstić information content (AvgIpc) is 2.71. The minimum absolute atomic E-state index is 0.499. The number of hydrogen-bond donors (Lipinski definition) is 1. The molecule has 3 unspecified atom stereocenters. The van der Waals surface area contributed by atoms with Crippen LogP contribution in [0.1, 0.15) is 25.1 Å². The molecule has 2 heteroatoms. The third-order valence-electron chi connectivity index (χ3n) is 3.67. The maximum atomic E-state index is 4.42. The van der Waals surface area contributed by atoms with E-state index in [1.165, 1.54) is 18.7 Å². The summed E-state index contributed by atoms with van der Waals surface area (Å²) in [7, 11) is 0. The lowest BCUT2D eigenvalue weighted by atomic mass is 9.96. The van der Waals surface area contributed by atoms with Gasteiger partial charge in [0.25, 0.3) is 0 Å². The van der Waals surface area contributed by atoms with Crippen LogP contribution in [-0.4, -0.2) is 11.5 Å². The topological polar surface area (TPSA) is 24.9 Å². The Kier molecular flexibility index (Phi) is 1.34. The van der Waals surface area contributed by atoms with E-state index in [1.54, 1.807) is 0 Å². The maximum Gasteiger partial charge on any atom is 0.0578 e. The fraction of sp³-hybridized carbons (Fsp3) is 0.545. The van der Waals surface area contributed by atoms with Crippen LogP contribution < -0.4 is 5.32 Å². The van der Waals surface area contributed by atoms with Crippen LogP contribution in [0.5, 0.6) is 0 Å². The molecule has 13 heavy (non-hydrogen) atoms. The molecule has 1 aromatic heterocycles. The normalized spacial score (nSPS) is 41.6. The Balaban J connectivity index is 1.94. The molecule has 2 heterocycles. The summed E-state index contributed by atoms with van der Waals surface area (Å²) in [5.74, 6) is 0.902. The Labute approximate surface area is 78.4 Å². The van der Waals surface area contributed by atoms with E-state index >= 15 is 0 Å². The van der Waals surface area contributed by atoms with Crippen LogP contribution in [0.15, 0.2) is 24.4 Å². The van der Waals surface area contributed by atoms with Crippen LogP contribution in [0.3, 0.4) is 0 Å². The number of nitrogens with one attached hydrogen (secondary N) is 1. The fourth-order valence-electron chi connectivity index (χ4n) is 2.61. The zero-order valence-corrected chi connectivity index (χ0v) is 7.83. The molecule has 0 bridgehead atoms. The highest BCUT2D eigenvalue weighted by molar-refractivity contribution is 5.22. The molecule has 1 saturated carbocycles. The standard InChI is InChI=1S/C11H14N2/c1-11-6-8(11)7-13-10(11)9-4-2-3-5-12-9/h2-5,8,10,13H,6-7H2,1H3. The van der Waals surface area contributed by atoms with Crippen molar-refractivity contribution in [1.82, 2.24) is 10.3 Å². The smallest absolute Gasteiger partial charge is 0.0578 e. The number of aromatic nitrogens is 1. The molecule has 2 aliphatic rings. The van der Waals surface area contributed by atoms with Gasteiger partial charge < -0.3 is 5.32 Å². The minimum Gasteiger partial charge on any atom is -0.308 e. The average molecular weight is 174 g/mol. The van der Waals surface area contributed by atoms with Crippen LogP contribution >= 0.6 is 0 Å². The summed E-state index contributed by atoms with van der Waals surface area (Å²) in [5, 5.41) is 3.55. The summed E-state index contributed by atoms with van der Waals surface area (Å²) in [6.45, 7) is 3.55. The predicted molar refractivity (Wildman–Crippen MR) is 51.2 cm³/mol. The first-order chi connectivity index (χ1) is 6.31. The Hall–Kier alpha value is -0.890. The first-order valence-electron chi connectivity index (χ1n) is 4.95. The fourth-order valence-corrected chi connectivity index (χ4v) is 2.61. The molecule has 2 fully saturated rings. The summed E-state index contributed by atoms with van der Waals surface area (Å²) in [4.78, 5) is 4.42. The molecule has 1 aliphatic carbocycles. The summed E-state index contributed by atoms with van der Waals surface area (Å²) >= 11 is 0. The van der Waals surface area contributed by atoms with Crippen LogP contribution in [-0.2, 0) is 0 Å². The Morgan fingerprint density at radius 2 is 2.46 bits per heavy atom. The summed E-state index contributed by atoms with van der Waals surface area (Å²) in [6.07, 6.45) is 3.26. The molecule has 1 aliphatic heterocycles. The van der Waals surface area contributed by atoms with Crippen molar-refractivity contribution in [2.75, 3.05) is 6.54 Å². The van der Waals surface area contributed by atoms with Gasteiger partial charge in [0.1, 0.15) is 0 Å². The van der Waals surface area contributed by atoms with E-state index < -0.39 is 0 Å². The van der Waals surface area contributed by atoms with E-state index in [2.05, 4.69) is 29.4 Å². The molecule has 1 N–H and O–H groups in total. The second-order valence-electron chi connectivity index (χ2n) is 4.50. The lowest BCUT2D eigenvalue weighted by molar-refractivity contribution is 0.421. The molecule has 3 atom stereocenters. The predicted octanol–water partition coefficient (Wildman–Crippen LogP) is 1.75. The highest BCUT2D eigenvalue weighted by atomic mass is 15.1. The van der Waals surface area contributed by atoms with Gasteiger partial charge in [0.15, 0.2) is 0 Å². The molecular formula is C11H14N2. The van der Waals surface area contributed by atoms with Crippen molar-refractivity contribution in [3.63, 3.8) is 0 Å². The molecule has 0 amide bonds. The molecule has 1 saturated heterocycles. The molecule has 3 rings (SSSR count). The first-order valence-corrected chi connectivity index (χ1v) is 4.95. The van der Waals surface area contributed by atoms with E-state index in [-0.39, 0.29) is 0 Å². The zero-order chi connectivity index (χ0) is 8.89. The van der Waals surface area contributed by atoms with Crippen molar-refractivity contribution < 1.29 is 0 Å². The van der Waals surface area contributed by atoms with Gasteiger partial charge in [0.2, 0.25) is 0 Å². The largest absolute Gasteiger partial charge is 0.308 e. The molecule has 1 aromatic rings. The highest BCUT2D eigenvalue weighted by Gasteiger charge is 2.59. The van der Waals surface area contributed by atoms with Gasteiger partial charge in [0, 0.05) is 6.20 Å². The SMILES string of the molecule is CC12CC1CNC2c1ccccn1. The first kappa shape index (κ1) is 7.51. The van der Waals surface area contributed by atoms with Crippen molar-refractivity contribution in [2.24, 2.45) is 11.3 Å². The molecule has 68 valence electrons. The quantitative estimate of drug-likeness (QED) is 0.701. The minimum atomic E-state index is 0.499. The number of piperidine rings is 1. The Morgan fingerprint density at radius 3 is 3.00 bits per heavy atom. The van der Waals surface area contributed by atoms with Crippen LogP contribution in [0.25, 0.3) is 0 Å². The highest BCUT2D eigenvalue weighted by Crippen LogP contribution is 2.62. The van der Waals surface area contributed by atoms with Crippen molar-refractivity contribution in [1.29, 1.82) is 0 Å². The number of nitrogens with zero attached hydrogens (tertiary/aromatic N) is 1. The number of rotatable bonds is 1. The summed E-state index contributed by atoms with van der Waals surface area (Å²) in [6, 6.07) is 6.68. The molecule has 0 aromatic carbocycles. The lowest BCUT2D eigenvalue weighted by Gasteiger charge is -2.18. The monoisotopic (exact) mass is 174 g/mol. The molecule has 0 radical (unpaired) electrons. The second-order valence-corrected chi connectivity index (χ2v) is 4.50. The molecular weight excluding hydrogens is 160 g/mol. The van der Waals surface area contributed by atoms with Crippen molar-refractivity contribution in [3.8, 4) is 0 Å². The number of hydrogen-bond acceptors (Lipinski definition) is 2. The third kappa shape index (κ3) is 0.953. The second kappa shape index (κ2) is 2.32. The van der Waals surface area contributed by atoms with Crippen LogP contribution in [0.4, 0.5) is 0 Å². The molecule has 2 nitrogen and oxygen atoms in total. The lowest BCUT2D eigenvalue weighted by Crippen LogP contribution is -2.22. The van der Waals surface area contributed by atoms with E-state index in [9.17, 15) is 0 Å². The van der Waals surface area contributed by atoms with E-state index in [0.717, 1.165) is 5.92 Å². The van der Waals surface area contributed by atoms with Crippen LogP contribution in [0, 0.1) is 11.3 Å². The van der Waals surface area contributed by atoms with E-state index in [4.69, 9.17) is 0 Å². The Morgan fingerprint density at radius 1 is 1.54 bits per heavy atom. The molecule has 0 spiro atoms. The van der Waals surface area contributed by atoms with Gasteiger partial charge in [-0.3, -0.25) is 4.98 Å². The zero-order valence-electron chi connectivity index (χ0n) is 7.83. The third-order valence-corrected chi connectivity index (χ3v) is 3.67. The number of pyridine rings is 1. The summed E-state index contributed by atoms with van der Waals surface area (Å²) in [5.41, 5.74) is 1.72. The van der Waals surface area contributed by atoms with Crippen molar-refractivity contribution >= 4 is 0 Å². The van der Waals surface area contributed by atoms with Crippen LogP contribution in [0.2, 0.25) is 0 Å². The van der Waals surface area contributed by atoms with Crippen molar-refractivity contribution in [3.05, 3.63) is 30.1 Å². The van der Waals surface area contributed by atoms with Gasteiger partial charge in [-0.15, -0.1) is 0 Å². The van der Waals surface area contributed by atoms with Gasteiger partial charge in [-0.25, -0.2) is 0 Å². The van der Waals surface area contributed by atoms with E-state index in [0.29, 0.717) is 11.5 Å². The van der Waals surface area contributed by atoms with Gasteiger partial charge in [0.05, 0.1) is 11.7 Å². The van der Waals surface area contributed by atoms with Crippen molar-refractivity contribution in [2.45, 2.75) is 19.4 Å². The van der Waals surface area contributed by atoms with Gasteiger partial charge in [-0.1, -0.05) is 13.0 Å².